The van der Waals surface area contributed by atoms with Gasteiger partial charge < -0.3 is 64.0 Å². The fraction of sp³-hybridized carbons (Fsp3) is 0.500. The van der Waals surface area contributed by atoms with E-state index in [1.807, 2.05) is 0 Å². The van der Waals surface area contributed by atoms with E-state index in [0.29, 0.717) is 30.5 Å². The van der Waals surface area contributed by atoms with Crippen molar-refractivity contribution >= 4 is 47.3 Å². The van der Waals surface area contributed by atoms with E-state index < -0.39 is 102 Å². The Labute approximate surface area is 348 Å². The number of carboxylic acids is 1. The summed E-state index contributed by atoms with van der Waals surface area (Å²) in [5.74, 6) is -6.77. The second kappa shape index (κ2) is 24.7. The highest BCUT2D eigenvalue weighted by atomic mass is 16.4. The molecule has 7 amide bonds. The molecule has 330 valence electrons. The molecular weight excluding hydrogens is 782 g/mol. The Balaban J connectivity index is 2.14. The van der Waals surface area contributed by atoms with Gasteiger partial charge in [-0.15, -0.1) is 0 Å². The highest BCUT2D eigenvalue weighted by molar-refractivity contribution is 5.97. The van der Waals surface area contributed by atoms with E-state index in [9.17, 15) is 53.7 Å². The lowest BCUT2D eigenvalue weighted by Crippen LogP contribution is -2.59. The Morgan fingerprint density at radius 2 is 0.933 bits per heavy atom. The lowest BCUT2D eigenvalue weighted by Gasteiger charge is -2.26. The number of aliphatic hydroxyl groups excluding tert-OH is 1. The van der Waals surface area contributed by atoms with Crippen LogP contribution in [0.5, 0.6) is 5.75 Å². The third-order valence-corrected chi connectivity index (χ3v) is 9.31. The van der Waals surface area contributed by atoms with Crippen LogP contribution in [0, 0.1) is 0 Å². The number of carbonyl (C=O) groups is 8. The number of aliphatic hydroxyl groups is 1. The number of amides is 7. The SMILES string of the molecule is C[C@H](NC(=O)[C@H](Cc1ccc(O)cc1)NC(=O)[C@H](Cc1ccccc1)NC(=O)[C@H](C)NC(=O)[C@H](C)NC(=O)[C@H](C)NC(=O)[C@H](CCCCN)NC(=O)[C@@H](N)[C@@H](C)O)C(=O)O. The van der Waals surface area contributed by atoms with Crippen LogP contribution >= 0.6 is 0 Å². The van der Waals surface area contributed by atoms with Crippen molar-refractivity contribution in [3.8, 4) is 5.75 Å². The standard InChI is InChI=1S/C40H59N9O11/c1-21(43-34(53)22(2)45-36(55)29(13-9-10-18-41)47-39(58)32(42)25(5)50)33(52)44-23(3)35(54)48-31(19-26-11-7-6-8-12-26)38(57)49-30(37(56)46-24(4)40(59)60)20-27-14-16-28(51)17-15-27/h6-8,11-12,14-17,21-25,29-32,50-51H,9-10,13,18-20,41-42H2,1-5H3,(H,43,53)(H,44,52)(H,45,55)(H,46,56)(H,47,58)(H,48,54)(H,49,57)(H,59,60)/t21-,22-,23-,24-,25+,29-,30-,31-,32-/m0/s1. The minimum atomic E-state index is -1.31. The van der Waals surface area contributed by atoms with E-state index >= 15 is 0 Å². The van der Waals surface area contributed by atoms with Gasteiger partial charge in [0.05, 0.1) is 6.10 Å². The van der Waals surface area contributed by atoms with Crippen LogP contribution in [0.3, 0.4) is 0 Å². The molecule has 20 nitrogen and oxygen atoms in total. The van der Waals surface area contributed by atoms with Crippen LogP contribution in [-0.2, 0) is 51.2 Å². The topological polar surface area (TPSA) is 334 Å². The number of nitrogens with two attached hydrogens (primary N) is 2. The zero-order valence-electron chi connectivity index (χ0n) is 34.4. The largest absolute Gasteiger partial charge is 0.508 e. The van der Waals surface area contributed by atoms with Gasteiger partial charge in [0.25, 0.3) is 0 Å². The van der Waals surface area contributed by atoms with E-state index in [4.69, 9.17) is 11.5 Å². The molecule has 0 aliphatic rings. The van der Waals surface area contributed by atoms with Crippen molar-refractivity contribution in [2.75, 3.05) is 6.54 Å². The summed E-state index contributed by atoms with van der Waals surface area (Å²) < 4.78 is 0. The number of carboxylic acid groups (broad SMARTS) is 1. The molecule has 0 fully saturated rings. The zero-order valence-corrected chi connectivity index (χ0v) is 34.4. The molecule has 2 rings (SSSR count). The number of hydrogen-bond acceptors (Lipinski definition) is 12. The Bertz CT molecular complexity index is 1780. The predicted octanol–water partition coefficient (Wildman–Crippen LogP) is -2.43. The number of phenols is 1. The maximum Gasteiger partial charge on any atom is 0.325 e. The monoisotopic (exact) mass is 841 g/mol. The van der Waals surface area contributed by atoms with Crippen LogP contribution in [0.15, 0.2) is 54.6 Å². The summed E-state index contributed by atoms with van der Waals surface area (Å²) in [7, 11) is 0. The molecule has 0 aromatic heterocycles. The van der Waals surface area contributed by atoms with Gasteiger partial charge >= 0.3 is 5.97 Å². The van der Waals surface area contributed by atoms with Crippen LogP contribution < -0.4 is 48.7 Å². The molecule has 2 aromatic carbocycles. The average molecular weight is 842 g/mol. The van der Waals surface area contributed by atoms with Crippen LogP contribution in [0.1, 0.15) is 65.0 Å². The fourth-order valence-electron chi connectivity index (χ4n) is 5.52. The van der Waals surface area contributed by atoms with Gasteiger partial charge in [0, 0.05) is 12.8 Å². The van der Waals surface area contributed by atoms with E-state index in [1.54, 1.807) is 30.3 Å². The summed E-state index contributed by atoms with van der Waals surface area (Å²) in [6.45, 7) is 6.97. The first kappa shape index (κ1) is 50.0. The molecule has 14 N–H and O–H groups in total. The van der Waals surface area contributed by atoms with Gasteiger partial charge in [-0.3, -0.25) is 38.4 Å². The molecule has 20 heteroatoms. The van der Waals surface area contributed by atoms with Gasteiger partial charge in [-0.1, -0.05) is 42.5 Å². The van der Waals surface area contributed by atoms with Crippen molar-refractivity contribution in [2.24, 2.45) is 11.5 Å². The van der Waals surface area contributed by atoms with Crippen molar-refractivity contribution < 1.29 is 53.7 Å². The number of hydrogen-bond donors (Lipinski definition) is 12. The zero-order chi connectivity index (χ0) is 45.1. The van der Waals surface area contributed by atoms with Crippen LogP contribution in [0.2, 0.25) is 0 Å². The molecule has 0 bridgehead atoms. The molecule has 2 aromatic rings. The number of benzene rings is 2. The van der Waals surface area contributed by atoms with Gasteiger partial charge in [0.15, 0.2) is 0 Å². The molecule has 0 aliphatic carbocycles. The number of rotatable bonds is 24. The van der Waals surface area contributed by atoms with Crippen molar-refractivity contribution in [2.45, 2.75) is 121 Å². The fourth-order valence-corrected chi connectivity index (χ4v) is 5.52. The lowest BCUT2D eigenvalue weighted by atomic mass is 10.0. The van der Waals surface area contributed by atoms with E-state index in [0.717, 1.165) is 0 Å². The van der Waals surface area contributed by atoms with Crippen molar-refractivity contribution in [3.63, 3.8) is 0 Å². The summed E-state index contributed by atoms with van der Waals surface area (Å²) in [4.78, 5) is 104. The smallest absolute Gasteiger partial charge is 0.325 e. The second-order valence-electron chi connectivity index (χ2n) is 14.6. The molecule has 0 radical (unpaired) electrons. The molecule has 60 heavy (non-hydrogen) atoms. The number of nitrogens with one attached hydrogen (secondary N) is 7. The minimum Gasteiger partial charge on any atom is -0.508 e. The molecule has 0 spiro atoms. The molecule has 0 unspecified atom stereocenters. The van der Waals surface area contributed by atoms with E-state index in [-0.39, 0.29) is 25.0 Å². The maximum absolute atomic E-state index is 13.8. The Hall–Kier alpha value is -6.12. The van der Waals surface area contributed by atoms with E-state index in [1.165, 1.54) is 58.9 Å². The minimum absolute atomic E-state index is 0.0338. The van der Waals surface area contributed by atoms with Crippen molar-refractivity contribution in [3.05, 3.63) is 65.7 Å². The molecule has 9 atom stereocenters. The third kappa shape index (κ3) is 17.0. The maximum atomic E-state index is 13.8. The van der Waals surface area contributed by atoms with Gasteiger partial charge in [0.1, 0.15) is 54.1 Å². The number of aliphatic carboxylic acids is 1. The van der Waals surface area contributed by atoms with Gasteiger partial charge in [-0.05, 0) is 83.7 Å². The summed E-state index contributed by atoms with van der Waals surface area (Å²) >= 11 is 0. The number of carbonyl (C=O) groups excluding carboxylic acids is 7. The molecule has 0 heterocycles. The summed E-state index contributed by atoms with van der Waals surface area (Å²) in [5.41, 5.74) is 12.4. The van der Waals surface area contributed by atoms with Gasteiger partial charge in [-0.2, -0.15) is 0 Å². The van der Waals surface area contributed by atoms with Crippen LogP contribution in [-0.4, -0.2) is 124 Å². The molecular formula is C40H59N9O11. The predicted molar refractivity (Wildman–Crippen MR) is 218 cm³/mol. The Morgan fingerprint density at radius 1 is 0.533 bits per heavy atom. The quantitative estimate of drug-likeness (QED) is 0.0490. The van der Waals surface area contributed by atoms with Crippen molar-refractivity contribution in [1.29, 1.82) is 0 Å². The second-order valence-corrected chi connectivity index (χ2v) is 14.6. The van der Waals surface area contributed by atoms with Gasteiger partial charge in [0.2, 0.25) is 41.4 Å². The first-order valence-electron chi connectivity index (χ1n) is 19.5. The number of unbranched alkanes of at least 4 members (excludes halogenated alkanes) is 1. The van der Waals surface area contributed by atoms with Crippen molar-refractivity contribution in [1.82, 2.24) is 37.2 Å². The van der Waals surface area contributed by atoms with E-state index in [2.05, 4.69) is 37.2 Å². The van der Waals surface area contributed by atoms with Gasteiger partial charge in [-0.25, -0.2) is 0 Å². The summed E-state index contributed by atoms with van der Waals surface area (Å²) in [6, 6.07) is 4.51. The number of phenolic OH excluding ortho intramolecular Hbond substituents is 1. The molecule has 0 saturated heterocycles. The van der Waals surface area contributed by atoms with Crippen LogP contribution in [0.4, 0.5) is 0 Å². The number of aromatic hydroxyl groups is 1. The highest BCUT2D eigenvalue weighted by Gasteiger charge is 2.32. The third-order valence-electron chi connectivity index (χ3n) is 9.31. The summed E-state index contributed by atoms with van der Waals surface area (Å²) in [6.07, 6.45) is -0.134. The Morgan fingerprint density at radius 3 is 1.42 bits per heavy atom. The first-order chi connectivity index (χ1) is 28.2. The van der Waals surface area contributed by atoms with Crippen LogP contribution in [0.25, 0.3) is 0 Å². The highest BCUT2D eigenvalue weighted by Crippen LogP contribution is 2.13. The average Bonchev–Trinajstić information content (AvgIpc) is 3.20. The molecule has 0 saturated carbocycles. The lowest BCUT2D eigenvalue weighted by molar-refractivity contribution is -0.141. The first-order valence-corrected chi connectivity index (χ1v) is 19.5. The Kier molecular flexibility index (Phi) is 20.6. The summed E-state index contributed by atoms with van der Waals surface area (Å²) in [5, 5.41) is 46.2. The molecule has 0 aliphatic heterocycles. The normalized spacial score (nSPS) is 15.5.